The number of halogens is 1. The van der Waals surface area contributed by atoms with Gasteiger partial charge in [-0.05, 0) is 45.0 Å². The van der Waals surface area contributed by atoms with Crippen LogP contribution in [0, 0.1) is 5.82 Å². The normalized spacial score (nSPS) is 20.8. The number of ether oxygens (including phenoxy) is 1. The maximum atomic E-state index is 13.0. The summed E-state index contributed by atoms with van der Waals surface area (Å²) >= 11 is 0. The number of hydrogen-bond acceptors (Lipinski definition) is 3. The summed E-state index contributed by atoms with van der Waals surface area (Å²) in [5, 5.41) is 3.32. The molecule has 1 aliphatic heterocycles. The second-order valence-electron chi connectivity index (χ2n) is 6.07. The molecule has 0 aromatic heterocycles. The molecular weight excluding hydrogens is 255 g/mol. The quantitative estimate of drug-likeness (QED) is 0.897. The molecule has 0 radical (unpaired) electrons. The van der Waals surface area contributed by atoms with Crippen molar-refractivity contribution >= 4 is 0 Å². The fourth-order valence-corrected chi connectivity index (χ4v) is 2.79. The van der Waals surface area contributed by atoms with E-state index < -0.39 is 0 Å². The molecule has 2 rings (SSSR count). The molecule has 1 atom stereocenters. The highest BCUT2D eigenvalue weighted by Crippen LogP contribution is 2.20. The molecule has 1 aromatic carbocycles. The Bertz CT molecular complexity index is 419. The minimum absolute atomic E-state index is 0.0523. The molecule has 0 saturated carbocycles. The zero-order valence-corrected chi connectivity index (χ0v) is 12.7. The zero-order chi connectivity index (χ0) is 14.6. The summed E-state index contributed by atoms with van der Waals surface area (Å²) in [5.41, 5.74) is 1.09. The highest BCUT2D eigenvalue weighted by Gasteiger charge is 2.27. The van der Waals surface area contributed by atoms with Gasteiger partial charge in [0, 0.05) is 25.7 Å². The zero-order valence-electron chi connectivity index (χ0n) is 12.7. The lowest BCUT2D eigenvalue weighted by Crippen LogP contribution is -2.48. The van der Waals surface area contributed by atoms with Gasteiger partial charge in [-0.2, -0.15) is 0 Å². The first kappa shape index (κ1) is 15.4. The maximum absolute atomic E-state index is 13.0. The van der Waals surface area contributed by atoms with Crippen molar-refractivity contribution in [3.63, 3.8) is 0 Å². The predicted molar refractivity (Wildman–Crippen MR) is 79.3 cm³/mol. The van der Waals surface area contributed by atoms with Crippen LogP contribution in [0.4, 0.5) is 4.39 Å². The van der Waals surface area contributed by atoms with E-state index >= 15 is 0 Å². The summed E-state index contributed by atoms with van der Waals surface area (Å²) in [5.74, 6) is -0.182. The summed E-state index contributed by atoms with van der Waals surface area (Å²) in [6.45, 7) is 8.04. The molecule has 0 bridgehead atoms. The van der Waals surface area contributed by atoms with Crippen molar-refractivity contribution in [2.45, 2.75) is 31.9 Å². The van der Waals surface area contributed by atoms with E-state index in [9.17, 15) is 4.39 Å². The highest BCUT2D eigenvalue weighted by molar-refractivity contribution is 5.19. The van der Waals surface area contributed by atoms with E-state index in [4.69, 9.17) is 4.74 Å². The first-order valence-corrected chi connectivity index (χ1v) is 7.29. The number of rotatable bonds is 5. The minimum atomic E-state index is -0.182. The molecule has 20 heavy (non-hydrogen) atoms. The lowest BCUT2D eigenvalue weighted by molar-refractivity contribution is -0.0864. The molecule has 1 fully saturated rings. The molecule has 1 saturated heterocycles. The van der Waals surface area contributed by atoms with Gasteiger partial charge in [-0.25, -0.2) is 4.39 Å². The number of benzene rings is 1. The van der Waals surface area contributed by atoms with Crippen molar-refractivity contribution in [3.05, 3.63) is 35.6 Å². The van der Waals surface area contributed by atoms with E-state index in [2.05, 4.69) is 24.1 Å². The van der Waals surface area contributed by atoms with Crippen LogP contribution in [0.1, 0.15) is 31.9 Å². The molecule has 1 heterocycles. The summed E-state index contributed by atoms with van der Waals surface area (Å²) < 4.78 is 18.7. The average molecular weight is 280 g/mol. The second kappa shape index (κ2) is 6.66. The first-order chi connectivity index (χ1) is 9.50. The van der Waals surface area contributed by atoms with E-state index in [-0.39, 0.29) is 17.5 Å². The molecule has 112 valence electrons. The van der Waals surface area contributed by atoms with Gasteiger partial charge in [0.1, 0.15) is 5.82 Å². The predicted octanol–water partition coefficient (Wildman–Crippen LogP) is 2.59. The molecule has 1 N–H and O–H groups in total. The Hall–Kier alpha value is -0.970. The van der Waals surface area contributed by atoms with Crippen LogP contribution in [0.15, 0.2) is 24.3 Å². The molecule has 0 aliphatic carbocycles. The largest absolute Gasteiger partial charge is 0.373 e. The molecule has 4 heteroatoms. The molecule has 1 unspecified atom stereocenters. The summed E-state index contributed by atoms with van der Waals surface area (Å²) in [7, 11) is 1.96. The van der Waals surface area contributed by atoms with Gasteiger partial charge in [0.2, 0.25) is 0 Å². The average Bonchev–Trinajstić information content (AvgIpc) is 2.40. The summed E-state index contributed by atoms with van der Waals surface area (Å²) in [6, 6.07) is 7.04. The fourth-order valence-electron chi connectivity index (χ4n) is 2.79. The van der Waals surface area contributed by atoms with Crippen LogP contribution in [-0.4, -0.2) is 43.8 Å². The van der Waals surface area contributed by atoms with Crippen molar-refractivity contribution < 1.29 is 9.13 Å². The molecule has 0 spiro atoms. The Morgan fingerprint density at radius 3 is 2.65 bits per heavy atom. The molecule has 1 aromatic rings. The maximum Gasteiger partial charge on any atom is 0.123 e. The van der Waals surface area contributed by atoms with Crippen molar-refractivity contribution in [1.82, 2.24) is 10.2 Å². The van der Waals surface area contributed by atoms with Crippen LogP contribution in [0.2, 0.25) is 0 Å². The minimum Gasteiger partial charge on any atom is -0.373 e. The van der Waals surface area contributed by atoms with E-state index in [0.29, 0.717) is 0 Å². The topological polar surface area (TPSA) is 24.5 Å². The van der Waals surface area contributed by atoms with Gasteiger partial charge >= 0.3 is 0 Å². The molecule has 3 nitrogen and oxygen atoms in total. The van der Waals surface area contributed by atoms with Crippen LogP contribution < -0.4 is 5.32 Å². The molecule has 1 aliphatic rings. The number of hydrogen-bond donors (Lipinski definition) is 1. The van der Waals surface area contributed by atoms with Crippen LogP contribution in [0.5, 0.6) is 0 Å². The third-order valence-corrected chi connectivity index (χ3v) is 3.86. The van der Waals surface area contributed by atoms with Crippen molar-refractivity contribution in [2.75, 3.05) is 33.3 Å². The van der Waals surface area contributed by atoms with Gasteiger partial charge in [0.25, 0.3) is 0 Å². The smallest absolute Gasteiger partial charge is 0.123 e. The Labute approximate surface area is 121 Å². The van der Waals surface area contributed by atoms with Crippen LogP contribution in [-0.2, 0) is 4.74 Å². The summed E-state index contributed by atoms with van der Waals surface area (Å²) in [6.07, 6.45) is 1.01. The van der Waals surface area contributed by atoms with Gasteiger partial charge in [-0.15, -0.1) is 0 Å². The lowest BCUT2D eigenvalue weighted by Gasteiger charge is -2.38. The van der Waals surface area contributed by atoms with Crippen molar-refractivity contribution in [3.8, 4) is 0 Å². The van der Waals surface area contributed by atoms with E-state index in [0.717, 1.165) is 38.2 Å². The monoisotopic (exact) mass is 280 g/mol. The second-order valence-corrected chi connectivity index (χ2v) is 6.07. The molecule has 0 amide bonds. The molecular formula is C16H25FN2O. The van der Waals surface area contributed by atoms with Gasteiger partial charge in [-0.1, -0.05) is 12.1 Å². The number of nitrogens with one attached hydrogen (secondary N) is 1. The van der Waals surface area contributed by atoms with Crippen LogP contribution >= 0.6 is 0 Å². The van der Waals surface area contributed by atoms with Crippen molar-refractivity contribution in [1.29, 1.82) is 0 Å². The van der Waals surface area contributed by atoms with Gasteiger partial charge in [0.15, 0.2) is 0 Å². The van der Waals surface area contributed by atoms with E-state index in [1.807, 2.05) is 19.2 Å². The van der Waals surface area contributed by atoms with Crippen LogP contribution in [0.3, 0.4) is 0 Å². The van der Waals surface area contributed by atoms with Gasteiger partial charge in [-0.3, -0.25) is 4.90 Å². The SMILES string of the molecule is CNC(CCN1CCOC(C)(C)C1)c1ccc(F)cc1. The Kier molecular flexibility index (Phi) is 5.13. The lowest BCUT2D eigenvalue weighted by atomic mass is 10.0. The summed E-state index contributed by atoms with van der Waals surface area (Å²) in [4.78, 5) is 2.44. The van der Waals surface area contributed by atoms with Crippen LogP contribution in [0.25, 0.3) is 0 Å². The number of morpholine rings is 1. The van der Waals surface area contributed by atoms with E-state index in [1.165, 1.54) is 12.1 Å². The Morgan fingerprint density at radius 1 is 1.35 bits per heavy atom. The van der Waals surface area contributed by atoms with E-state index in [1.54, 1.807) is 0 Å². The number of nitrogens with zero attached hydrogens (tertiary/aromatic N) is 1. The third kappa shape index (κ3) is 4.27. The standard InChI is InChI=1S/C16H25FN2O/c1-16(2)12-19(10-11-20-16)9-8-15(18-3)13-4-6-14(17)7-5-13/h4-7,15,18H,8-12H2,1-3H3. The van der Waals surface area contributed by atoms with Crippen molar-refractivity contribution in [2.24, 2.45) is 0 Å². The first-order valence-electron chi connectivity index (χ1n) is 7.29. The Morgan fingerprint density at radius 2 is 2.05 bits per heavy atom. The fraction of sp³-hybridized carbons (Fsp3) is 0.625. The Balaban J connectivity index is 1.89. The highest BCUT2D eigenvalue weighted by atomic mass is 19.1. The van der Waals surface area contributed by atoms with Gasteiger partial charge < -0.3 is 10.1 Å². The third-order valence-electron chi connectivity index (χ3n) is 3.86. The van der Waals surface area contributed by atoms with Gasteiger partial charge in [0.05, 0.1) is 12.2 Å².